The van der Waals surface area contributed by atoms with E-state index in [4.69, 9.17) is 20.4 Å². The van der Waals surface area contributed by atoms with Gasteiger partial charge < -0.3 is 30.9 Å². The fraction of sp³-hybridized carbons (Fsp3) is 0.480. The number of hydrogen-bond donors (Lipinski definition) is 3. The molecule has 11 heteroatoms. The summed E-state index contributed by atoms with van der Waals surface area (Å²) in [5.74, 6) is 0.743. The molecule has 3 heterocycles. The van der Waals surface area contributed by atoms with Gasteiger partial charge in [0, 0.05) is 42.2 Å². The molecule has 1 aromatic carbocycles. The minimum atomic E-state index is -0.493. The van der Waals surface area contributed by atoms with Crippen molar-refractivity contribution in [1.82, 2.24) is 20.2 Å². The molecule has 4 amide bonds. The number of carbonyl (C=O) groups excluding carboxylic acids is 3. The molecule has 3 aliphatic rings. The lowest BCUT2D eigenvalue weighted by Crippen LogP contribution is -2.44. The molecular weight excluding hydrogens is 462 g/mol. The Morgan fingerprint density at radius 2 is 1.89 bits per heavy atom. The van der Waals surface area contributed by atoms with Crippen LogP contribution in [-0.4, -0.2) is 64.6 Å². The van der Waals surface area contributed by atoms with E-state index in [2.05, 4.69) is 22.5 Å². The molecule has 36 heavy (non-hydrogen) atoms. The molecule has 1 saturated carbocycles. The lowest BCUT2D eigenvalue weighted by Gasteiger charge is -2.35. The van der Waals surface area contributed by atoms with Gasteiger partial charge in [0.1, 0.15) is 5.82 Å². The van der Waals surface area contributed by atoms with Gasteiger partial charge in [0.05, 0.1) is 38.0 Å². The van der Waals surface area contributed by atoms with Crippen LogP contribution in [0.15, 0.2) is 24.3 Å². The van der Waals surface area contributed by atoms with Crippen LogP contribution in [0, 0.1) is 0 Å². The Balaban J connectivity index is 1.40. The maximum atomic E-state index is 12.7. The highest BCUT2D eigenvalue weighted by Gasteiger charge is 2.32. The fourth-order valence-corrected chi connectivity index (χ4v) is 4.49. The monoisotopic (exact) mass is 493 g/mol. The van der Waals surface area contributed by atoms with Crippen LogP contribution in [0.4, 0.5) is 16.3 Å². The first kappa shape index (κ1) is 24.0. The zero-order chi connectivity index (χ0) is 25.2. The van der Waals surface area contributed by atoms with Gasteiger partial charge in [0.15, 0.2) is 5.82 Å². The maximum Gasteiger partial charge on any atom is 0.319 e. The standard InChI is InChI=1S/C25H31N7O4/c1-15-14-36-11-10-32(15)24-19-12-31(22(34)9-8-21(26)33)13-20(19)29-23(30-24)16-2-4-17(5-3-16)27-25(35)28-18-6-7-18/h2-5,15,18H,6-14H2,1H3,(H2,26,33)(H2,27,28,35). The first-order valence-electron chi connectivity index (χ1n) is 12.4. The van der Waals surface area contributed by atoms with Crippen molar-refractivity contribution < 1.29 is 19.1 Å². The molecule has 2 fully saturated rings. The van der Waals surface area contributed by atoms with Crippen molar-refractivity contribution in [2.24, 2.45) is 5.73 Å². The number of urea groups is 1. The molecular formula is C25H31N7O4. The Bertz CT molecular complexity index is 1170. The third-order valence-corrected chi connectivity index (χ3v) is 6.65. The zero-order valence-electron chi connectivity index (χ0n) is 20.3. The second-order valence-electron chi connectivity index (χ2n) is 9.58. The normalized spacial score (nSPS) is 19.1. The van der Waals surface area contributed by atoms with Crippen molar-refractivity contribution in [3.63, 3.8) is 0 Å². The number of nitrogens with two attached hydrogens (primary N) is 1. The molecule has 1 aromatic heterocycles. The summed E-state index contributed by atoms with van der Waals surface area (Å²) in [6.45, 7) is 4.73. The molecule has 4 N–H and O–H groups in total. The highest BCUT2D eigenvalue weighted by atomic mass is 16.5. The van der Waals surface area contributed by atoms with Crippen LogP contribution < -0.4 is 21.3 Å². The minimum absolute atomic E-state index is 0.0228. The lowest BCUT2D eigenvalue weighted by atomic mass is 10.1. The zero-order valence-corrected chi connectivity index (χ0v) is 20.3. The van der Waals surface area contributed by atoms with E-state index < -0.39 is 5.91 Å². The third-order valence-electron chi connectivity index (χ3n) is 6.65. The van der Waals surface area contributed by atoms with Crippen LogP contribution in [0.5, 0.6) is 0 Å². The summed E-state index contributed by atoms with van der Waals surface area (Å²) in [6.07, 6.45) is 2.16. The predicted octanol–water partition coefficient (Wildman–Crippen LogP) is 1.76. The summed E-state index contributed by atoms with van der Waals surface area (Å²) >= 11 is 0. The molecule has 2 aromatic rings. The number of fused-ring (bicyclic) bond motifs is 1. The van der Waals surface area contributed by atoms with E-state index in [0.29, 0.717) is 44.4 Å². The number of morpholine rings is 1. The van der Waals surface area contributed by atoms with Crippen molar-refractivity contribution in [2.75, 3.05) is 30.0 Å². The second-order valence-corrected chi connectivity index (χ2v) is 9.58. The Morgan fingerprint density at radius 3 is 2.58 bits per heavy atom. The molecule has 190 valence electrons. The van der Waals surface area contributed by atoms with Crippen LogP contribution in [0.1, 0.15) is 43.9 Å². The van der Waals surface area contributed by atoms with Gasteiger partial charge in [-0.05, 0) is 44.0 Å². The topological polar surface area (TPSA) is 143 Å². The fourth-order valence-electron chi connectivity index (χ4n) is 4.49. The van der Waals surface area contributed by atoms with Gasteiger partial charge in [0.2, 0.25) is 11.8 Å². The van der Waals surface area contributed by atoms with Crippen LogP contribution >= 0.6 is 0 Å². The summed E-state index contributed by atoms with van der Waals surface area (Å²) in [7, 11) is 0. The molecule has 1 atom stereocenters. The van der Waals surface area contributed by atoms with Crippen LogP contribution in [-0.2, 0) is 27.4 Å². The molecule has 0 radical (unpaired) electrons. The van der Waals surface area contributed by atoms with Gasteiger partial charge >= 0.3 is 6.03 Å². The number of anilines is 2. The first-order valence-corrected chi connectivity index (χ1v) is 12.4. The predicted molar refractivity (Wildman–Crippen MR) is 133 cm³/mol. The van der Waals surface area contributed by atoms with E-state index in [0.717, 1.165) is 35.5 Å². The summed E-state index contributed by atoms with van der Waals surface area (Å²) in [4.78, 5) is 49.6. The maximum absolute atomic E-state index is 12.7. The van der Waals surface area contributed by atoms with Crippen molar-refractivity contribution in [3.05, 3.63) is 35.5 Å². The van der Waals surface area contributed by atoms with Gasteiger partial charge in [-0.2, -0.15) is 0 Å². The molecule has 5 rings (SSSR count). The summed E-state index contributed by atoms with van der Waals surface area (Å²) < 4.78 is 5.62. The molecule has 2 aliphatic heterocycles. The molecule has 1 saturated heterocycles. The number of amides is 4. The Labute approximate surface area is 209 Å². The van der Waals surface area contributed by atoms with Crippen LogP contribution in [0.3, 0.4) is 0 Å². The highest BCUT2D eigenvalue weighted by molar-refractivity contribution is 5.90. The van der Waals surface area contributed by atoms with Gasteiger partial charge in [-0.3, -0.25) is 9.59 Å². The summed E-state index contributed by atoms with van der Waals surface area (Å²) in [6, 6.07) is 7.62. The lowest BCUT2D eigenvalue weighted by molar-refractivity contribution is -0.133. The van der Waals surface area contributed by atoms with Gasteiger partial charge in [-0.25, -0.2) is 14.8 Å². The number of benzene rings is 1. The molecule has 1 unspecified atom stereocenters. The minimum Gasteiger partial charge on any atom is -0.377 e. The second kappa shape index (κ2) is 10.1. The van der Waals surface area contributed by atoms with Gasteiger partial charge in [0.25, 0.3) is 0 Å². The average Bonchev–Trinajstić information content (AvgIpc) is 3.56. The number of ether oxygens (including phenoxy) is 1. The molecule has 1 aliphatic carbocycles. The number of nitrogens with one attached hydrogen (secondary N) is 2. The number of rotatable bonds is 7. The van der Waals surface area contributed by atoms with Crippen molar-refractivity contribution in [3.8, 4) is 11.4 Å². The quantitative estimate of drug-likeness (QED) is 0.533. The van der Waals surface area contributed by atoms with E-state index >= 15 is 0 Å². The van der Waals surface area contributed by atoms with E-state index in [1.807, 2.05) is 24.3 Å². The number of primary amides is 1. The Kier molecular flexibility index (Phi) is 6.73. The molecule has 0 spiro atoms. The summed E-state index contributed by atoms with van der Waals surface area (Å²) in [5.41, 5.74) is 8.45. The van der Waals surface area contributed by atoms with Gasteiger partial charge in [-0.15, -0.1) is 0 Å². The van der Waals surface area contributed by atoms with Crippen LogP contribution in [0.25, 0.3) is 11.4 Å². The Hall–Kier alpha value is -3.73. The first-order chi connectivity index (χ1) is 17.4. The molecule has 11 nitrogen and oxygen atoms in total. The van der Waals surface area contributed by atoms with E-state index in [-0.39, 0.29) is 36.9 Å². The SMILES string of the molecule is CC1COCCN1c1nc(-c2ccc(NC(=O)NC3CC3)cc2)nc2c1CN(C(=O)CCC(N)=O)C2. The van der Waals surface area contributed by atoms with Crippen molar-refractivity contribution >= 4 is 29.4 Å². The third kappa shape index (κ3) is 5.40. The average molecular weight is 494 g/mol. The van der Waals surface area contributed by atoms with E-state index in [1.54, 1.807) is 4.90 Å². The van der Waals surface area contributed by atoms with Gasteiger partial charge in [-0.1, -0.05) is 0 Å². The number of carbonyl (C=O) groups is 3. The van der Waals surface area contributed by atoms with Crippen molar-refractivity contribution in [1.29, 1.82) is 0 Å². The Morgan fingerprint density at radius 1 is 1.11 bits per heavy atom. The summed E-state index contributed by atoms with van der Waals surface area (Å²) in [5, 5.41) is 5.76. The largest absolute Gasteiger partial charge is 0.377 e. The highest BCUT2D eigenvalue weighted by Crippen LogP contribution is 2.34. The van der Waals surface area contributed by atoms with Crippen molar-refractivity contribution in [2.45, 2.75) is 57.8 Å². The number of nitrogens with zero attached hydrogens (tertiary/aromatic N) is 4. The smallest absolute Gasteiger partial charge is 0.319 e. The van der Waals surface area contributed by atoms with E-state index in [9.17, 15) is 14.4 Å². The number of hydrogen-bond acceptors (Lipinski definition) is 7. The van der Waals surface area contributed by atoms with E-state index in [1.165, 1.54) is 0 Å². The number of aromatic nitrogens is 2. The molecule has 0 bridgehead atoms. The van der Waals surface area contributed by atoms with Crippen LogP contribution in [0.2, 0.25) is 0 Å².